The molecule has 1 fully saturated rings. The SMILES string of the molecule is Cc1ccc(NC(=O)CN2C(=O)S/C(=C\c3cc(Br)ccc3OCC(=O)O)C2=O)cc1. The standard InChI is InChI=1S/C21H17BrN2O6S/c1-12-2-5-15(6-3-12)23-18(25)10-24-20(28)17(31-21(24)29)9-13-8-14(22)4-7-16(13)30-11-19(26)27/h2-9H,10-11H2,1H3,(H,23,25)(H,26,27)/b17-9-. The maximum Gasteiger partial charge on any atom is 0.341 e. The number of halogens is 1. The molecule has 1 aliphatic rings. The van der Waals surface area contributed by atoms with Crippen molar-refractivity contribution in [3.05, 3.63) is 63.0 Å². The van der Waals surface area contributed by atoms with Crippen LogP contribution in [-0.4, -0.2) is 46.2 Å². The molecule has 0 unspecified atom stereocenters. The summed E-state index contributed by atoms with van der Waals surface area (Å²) in [5.41, 5.74) is 2.02. The first kappa shape index (κ1) is 22.6. The van der Waals surface area contributed by atoms with Crippen LogP contribution in [0.15, 0.2) is 51.8 Å². The molecular weight excluding hydrogens is 488 g/mol. The van der Waals surface area contributed by atoms with Crippen molar-refractivity contribution < 1.29 is 29.0 Å². The molecular formula is C21H17BrN2O6S. The first-order valence-corrected chi connectivity index (χ1v) is 10.6. The molecule has 1 saturated heterocycles. The van der Waals surface area contributed by atoms with E-state index in [1.54, 1.807) is 30.3 Å². The van der Waals surface area contributed by atoms with Crippen molar-refractivity contribution in [1.82, 2.24) is 4.90 Å². The molecule has 0 saturated carbocycles. The number of ether oxygens (including phenoxy) is 1. The quantitative estimate of drug-likeness (QED) is 0.549. The average Bonchev–Trinajstić information content (AvgIpc) is 2.96. The van der Waals surface area contributed by atoms with Gasteiger partial charge in [0, 0.05) is 15.7 Å². The molecule has 8 nitrogen and oxygen atoms in total. The summed E-state index contributed by atoms with van der Waals surface area (Å²) < 4.78 is 5.92. The van der Waals surface area contributed by atoms with Gasteiger partial charge in [-0.1, -0.05) is 33.6 Å². The molecule has 3 amide bonds. The van der Waals surface area contributed by atoms with Crippen LogP contribution in [0.1, 0.15) is 11.1 Å². The van der Waals surface area contributed by atoms with E-state index >= 15 is 0 Å². The molecule has 31 heavy (non-hydrogen) atoms. The van der Waals surface area contributed by atoms with Crippen LogP contribution in [-0.2, 0) is 14.4 Å². The second kappa shape index (κ2) is 9.80. The van der Waals surface area contributed by atoms with Gasteiger partial charge >= 0.3 is 5.97 Å². The first-order valence-electron chi connectivity index (χ1n) is 8.99. The molecule has 0 bridgehead atoms. The molecule has 3 rings (SSSR count). The maximum absolute atomic E-state index is 12.7. The lowest BCUT2D eigenvalue weighted by molar-refractivity contribution is -0.139. The van der Waals surface area contributed by atoms with Crippen molar-refractivity contribution in [2.45, 2.75) is 6.92 Å². The van der Waals surface area contributed by atoms with Crippen LogP contribution in [0, 0.1) is 6.92 Å². The molecule has 2 aromatic carbocycles. The van der Waals surface area contributed by atoms with Crippen LogP contribution in [0.3, 0.4) is 0 Å². The Labute approximate surface area is 190 Å². The van der Waals surface area contributed by atoms with Crippen LogP contribution < -0.4 is 10.1 Å². The number of carbonyl (C=O) groups excluding carboxylic acids is 3. The normalized spacial score (nSPS) is 14.8. The van der Waals surface area contributed by atoms with Crippen LogP contribution in [0.5, 0.6) is 5.75 Å². The summed E-state index contributed by atoms with van der Waals surface area (Å²) in [5.74, 6) is -2.01. The van der Waals surface area contributed by atoms with Gasteiger partial charge in [0.05, 0.1) is 4.91 Å². The Morgan fingerprint density at radius 3 is 2.58 bits per heavy atom. The lowest BCUT2D eigenvalue weighted by Crippen LogP contribution is -2.36. The molecule has 2 N–H and O–H groups in total. The Morgan fingerprint density at radius 2 is 1.90 bits per heavy atom. The molecule has 10 heteroatoms. The summed E-state index contributed by atoms with van der Waals surface area (Å²) in [6.07, 6.45) is 1.44. The summed E-state index contributed by atoms with van der Waals surface area (Å²) in [5, 5.41) is 10.9. The van der Waals surface area contributed by atoms with Gasteiger partial charge in [0.15, 0.2) is 6.61 Å². The maximum atomic E-state index is 12.7. The molecule has 0 radical (unpaired) electrons. The third kappa shape index (κ3) is 5.96. The van der Waals surface area contributed by atoms with Gasteiger partial charge in [-0.2, -0.15) is 0 Å². The monoisotopic (exact) mass is 504 g/mol. The van der Waals surface area contributed by atoms with E-state index in [0.29, 0.717) is 27.5 Å². The predicted octanol–water partition coefficient (Wildman–Crippen LogP) is 3.90. The summed E-state index contributed by atoms with van der Waals surface area (Å²) in [6.45, 7) is 0.946. The lowest BCUT2D eigenvalue weighted by atomic mass is 10.2. The number of amides is 3. The number of aryl methyl sites for hydroxylation is 1. The minimum absolute atomic E-state index is 0.103. The number of carboxylic acid groups (broad SMARTS) is 1. The van der Waals surface area contributed by atoms with E-state index in [9.17, 15) is 19.2 Å². The Morgan fingerprint density at radius 1 is 1.19 bits per heavy atom. The molecule has 1 aliphatic heterocycles. The Bertz CT molecular complexity index is 1080. The number of benzene rings is 2. The number of imide groups is 1. The summed E-state index contributed by atoms with van der Waals surface area (Å²) in [6, 6.07) is 12.0. The highest BCUT2D eigenvalue weighted by atomic mass is 79.9. The Hall–Kier alpha value is -3.11. The van der Waals surface area contributed by atoms with Crippen LogP contribution in [0.25, 0.3) is 6.08 Å². The number of hydrogen-bond acceptors (Lipinski definition) is 6. The van der Waals surface area contributed by atoms with Gasteiger partial charge in [0.2, 0.25) is 5.91 Å². The highest BCUT2D eigenvalue weighted by Crippen LogP contribution is 2.34. The smallest absolute Gasteiger partial charge is 0.341 e. The highest BCUT2D eigenvalue weighted by Gasteiger charge is 2.36. The number of carboxylic acids is 1. The van der Waals surface area contributed by atoms with Crippen molar-refractivity contribution in [3.8, 4) is 5.75 Å². The predicted molar refractivity (Wildman–Crippen MR) is 120 cm³/mol. The van der Waals surface area contributed by atoms with Gasteiger partial charge in [-0.25, -0.2) is 4.79 Å². The number of hydrogen-bond donors (Lipinski definition) is 2. The van der Waals surface area contributed by atoms with E-state index in [4.69, 9.17) is 9.84 Å². The van der Waals surface area contributed by atoms with Gasteiger partial charge in [-0.05, 0) is 55.1 Å². The van der Waals surface area contributed by atoms with Crippen molar-refractivity contribution in [1.29, 1.82) is 0 Å². The van der Waals surface area contributed by atoms with Crippen molar-refractivity contribution >= 4 is 62.5 Å². The van der Waals surface area contributed by atoms with Crippen LogP contribution in [0.2, 0.25) is 0 Å². The van der Waals surface area contributed by atoms with Gasteiger partial charge in [-0.3, -0.25) is 19.3 Å². The Balaban J connectivity index is 1.74. The minimum Gasteiger partial charge on any atom is -0.481 e. The zero-order valence-electron chi connectivity index (χ0n) is 16.3. The molecule has 0 spiro atoms. The van der Waals surface area contributed by atoms with Crippen molar-refractivity contribution in [2.24, 2.45) is 0 Å². The number of rotatable bonds is 7. The third-order valence-corrected chi connectivity index (χ3v) is 5.52. The van der Waals surface area contributed by atoms with Gasteiger partial charge in [-0.15, -0.1) is 0 Å². The number of aliphatic carboxylic acids is 1. The average molecular weight is 505 g/mol. The lowest BCUT2D eigenvalue weighted by Gasteiger charge is -2.12. The first-order chi connectivity index (χ1) is 14.7. The minimum atomic E-state index is -1.14. The van der Waals surface area contributed by atoms with Crippen LogP contribution in [0.4, 0.5) is 10.5 Å². The van der Waals surface area contributed by atoms with Crippen molar-refractivity contribution in [2.75, 3.05) is 18.5 Å². The fraction of sp³-hybridized carbons (Fsp3) is 0.143. The molecule has 0 atom stereocenters. The summed E-state index contributed by atoms with van der Waals surface area (Å²) in [7, 11) is 0. The topological polar surface area (TPSA) is 113 Å². The number of nitrogens with one attached hydrogen (secondary N) is 1. The van der Waals surface area contributed by atoms with E-state index in [-0.39, 0.29) is 10.7 Å². The van der Waals surface area contributed by atoms with E-state index in [1.165, 1.54) is 6.08 Å². The summed E-state index contributed by atoms with van der Waals surface area (Å²) in [4.78, 5) is 49.1. The second-order valence-electron chi connectivity index (χ2n) is 6.55. The molecule has 0 aromatic heterocycles. The van der Waals surface area contributed by atoms with Gasteiger partial charge < -0.3 is 15.2 Å². The number of thioether (sulfide) groups is 1. The van der Waals surface area contributed by atoms with Crippen LogP contribution >= 0.6 is 27.7 Å². The van der Waals surface area contributed by atoms with E-state index in [1.807, 2.05) is 19.1 Å². The van der Waals surface area contributed by atoms with Gasteiger partial charge in [0.1, 0.15) is 12.3 Å². The summed E-state index contributed by atoms with van der Waals surface area (Å²) >= 11 is 4.01. The third-order valence-electron chi connectivity index (χ3n) is 4.12. The van der Waals surface area contributed by atoms with E-state index in [2.05, 4.69) is 21.2 Å². The molecule has 1 heterocycles. The molecule has 0 aliphatic carbocycles. The highest BCUT2D eigenvalue weighted by molar-refractivity contribution is 9.10. The van der Waals surface area contributed by atoms with Gasteiger partial charge in [0.25, 0.3) is 11.1 Å². The zero-order chi connectivity index (χ0) is 22.5. The number of anilines is 1. The fourth-order valence-electron chi connectivity index (χ4n) is 2.66. The number of carbonyl (C=O) groups is 4. The second-order valence-corrected chi connectivity index (χ2v) is 8.46. The Kier molecular flexibility index (Phi) is 7.13. The molecule has 160 valence electrons. The fourth-order valence-corrected chi connectivity index (χ4v) is 3.87. The van der Waals surface area contributed by atoms with E-state index < -0.39 is 36.2 Å². The molecule has 2 aromatic rings. The largest absolute Gasteiger partial charge is 0.481 e. The van der Waals surface area contributed by atoms with Crippen molar-refractivity contribution in [3.63, 3.8) is 0 Å². The number of nitrogens with zero attached hydrogens (tertiary/aromatic N) is 1. The van der Waals surface area contributed by atoms with E-state index in [0.717, 1.165) is 10.5 Å². The zero-order valence-corrected chi connectivity index (χ0v) is 18.7.